The summed E-state index contributed by atoms with van der Waals surface area (Å²) in [5.74, 6) is -0.0486. The second-order valence-electron chi connectivity index (χ2n) is 7.08. The number of nitrogens with zero attached hydrogens (tertiary/aromatic N) is 2. The molecule has 1 N–H and O–H groups in total. The topological polar surface area (TPSA) is 99.5 Å². The van der Waals surface area contributed by atoms with Crippen molar-refractivity contribution in [2.75, 3.05) is 11.9 Å². The lowest BCUT2D eigenvalue weighted by molar-refractivity contribution is -0.119. The van der Waals surface area contributed by atoms with Gasteiger partial charge in [0.15, 0.2) is 6.61 Å². The van der Waals surface area contributed by atoms with Crippen LogP contribution in [0.2, 0.25) is 0 Å². The maximum Gasteiger partial charge on any atom is 0.344 e. The number of rotatable bonds is 6. The van der Waals surface area contributed by atoms with E-state index in [0.717, 1.165) is 16.0 Å². The Kier molecular flexibility index (Phi) is 6.49. The van der Waals surface area contributed by atoms with Crippen LogP contribution in [0.15, 0.2) is 53.3 Å². The fourth-order valence-electron chi connectivity index (χ4n) is 2.91. The van der Waals surface area contributed by atoms with Gasteiger partial charge in [-0.15, -0.1) is 0 Å². The van der Waals surface area contributed by atoms with Gasteiger partial charge >= 0.3 is 5.97 Å². The molecule has 0 spiro atoms. The van der Waals surface area contributed by atoms with Gasteiger partial charge in [0.25, 0.3) is 11.5 Å². The maximum absolute atomic E-state index is 12.3. The molecule has 0 aliphatic carbocycles. The fraction of sp³-hybridized carbons (Fsp3) is 0.217. The molecule has 8 heteroatoms. The lowest BCUT2D eigenvalue weighted by Gasteiger charge is -2.10. The minimum Gasteiger partial charge on any atom is -0.457 e. The summed E-state index contributed by atoms with van der Waals surface area (Å²) in [6, 6.07) is 14.5. The predicted octanol–water partition coefficient (Wildman–Crippen LogP) is 3.29. The molecule has 8 nitrogen and oxygen atoms in total. The Morgan fingerprint density at radius 2 is 1.74 bits per heavy atom. The summed E-state index contributed by atoms with van der Waals surface area (Å²) in [5, 5.41) is 6.64. The van der Waals surface area contributed by atoms with Crippen LogP contribution in [-0.2, 0) is 16.6 Å². The van der Waals surface area contributed by atoms with Gasteiger partial charge in [0.2, 0.25) is 0 Å². The van der Waals surface area contributed by atoms with Crippen LogP contribution in [-0.4, -0.2) is 28.3 Å². The summed E-state index contributed by atoms with van der Waals surface area (Å²) < 4.78 is 11.9. The second kappa shape index (κ2) is 9.25. The number of nitrogens with one attached hydrogen (secondary N) is 1. The van der Waals surface area contributed by atoms with E-state index in [1.165, 1.54) is 7.05 Å². The van der Waals surface area contributed by atoms with Crippen molar-refractivity contribution in [2.45, 2.75) is 20.8 Å². The summed E-state index contributed by atoms with van der Waals surface area (Å²) >= 11 is 0. The van der Waals surface area contributed by atoms with Crippen molar-refractivity contribution < 1.29 is 19.1 Å². The molecule has 1 aromatic heterocycles. The average Bonchev–Trinajstić information content (AvgIpc) is 2.72. The first kappa shape index (κ1) is 21.8. The molecule has 0 saturated heterocycles. The Labute approximate surface area is 179 Å². The standard InChI is InChI=1S/C23H23N3O5/c1-14-6-5-7-19(12-14)31-18-10-8-17(9-11-18)24-20(27)13-30-23(29)21-15(2)16(3)25-26(4)22(21)28/h5-12H,13H2,1-4H3,(H,24,27). The van der Waals surface area contributed by atoms with Crippen LogP contribution in [0.4, 0.5) is 5.69 Å². The molecule has 0 unspecified atom stereocenters. The van der Waals surface area contributed by atoms with E-state index in [1.807, 2.05) is 31.2 Å². The average molecular weight is 421 g/mol. The van der Waals surface area contributed by atoms with Crippen molar-refractivity contribution in [3.05, 3.63) is 81.3 Å². The number of benzene rings is 2. The molecule has 1 amide bonds. The van der Waals surface area contributed by atoms with Gasteiger partial charge in [-0.1, -0.05) is 12.1 Å². The molecule has 1 heterocycles. The first-order chi connectivity index (χ1) is 14.7. The van der Waals surface area contributed by atoms with Crippen LogP contribution in [0.3, 0.4) is 0 Å². The Balaban J connectivity index is 1.58. The van der Waals surface area contributed by atoms with Gasteiger partial charge in [-0.2, -0.15) is 5.10 Å². The van der Waals surface area contributed by atoms with Crippen molar-refractivity contribution >= 4 is 17.6 Å². The fourth-order valence-corrected chi connectivity index (χ4v) is 2.91. The van der Waals surface area contributed by atoms with Gasteiger partial charge in [0, 0.05) is 12.7 Å². The van der Waals surface area contributed by atoms with E-state index >= 15 is 0 Å². The molecule has 0 bridgehead atoms. The van der Waals surface area contributed by atoms with E-state index in [9.17, 15) is 14.4 Å². The molecule has 3 aromatic rings. The van der Waals surface area contributed by atoms with Crippen LogP contribution in [0.1, 0.15) is 27.2 Å². The number of carbonyl (C=O) groups is 2. The Bertz CT molecular complexity index is 1180. The first-order valence-electron chi connectivity index (χ1n) is 9.60. The zero-order chi connectivity index (χ0) is 22.5. The van der Waals surface area contributed by atoms with E-state index in [0.29, 0.717) is 22.7 Å². The molecule has 0 fully saturated rings. The maximum atomic E-state index is 12.3. The van der Waals surface area contributed by atoms with Crippen LogP contribution in [0.5, 0.6) is 11.5 Å². The number of ether oxygens (including phenoxy) is 2. The van der Waals surface area contributed by atoms with Gasteiger partial charge < -0.3 is 14.8 Å². The Morgan fingerprint density at radius 3 is 2.42 bits per heavy atom. The van der Waals surface area contributed by atoms with Crippen molar-refractivity contribution in [3.63, 3.8) is 0 Å². The molecule has 0 aliphatic rings. The highest BCUT2D eigenvalue weighted by Gasteiger charge is 2.20. The third-order valence-electron chi connectivity index (χ3n) is 4.63. The third kappa shape index (κ3) is 5.36. The molecule has 0 aliphatic heterocycles. The highest BCUT2D eigenvalue weighted by atomic mass is 16.5. The third-order valence-corrected chi connectivity index (χ3v) is 4.63. The van der Waals surface area contributed by atoms with Crippen LogP contribution in [0, 0.1) is 20.8 Å². The van der Waals surface area contributed by atoms with Crippen molar-refractivity contribution in [1.29, 1.82) is 0 Å². The summed E-state index contributed by atoms with van der Waals surface area (Å²) in [4.78, 5) is 36.7. The van der Waals surface area contributed by atoms with Gasteiger partial charge in [0.05, 0.1) is 5.69 Å². The number of anilines is 1. The number of hydrogen-bond acceptors (Lipinski definition) is 6. The first-order valence-corrected chi connectivity index (χ1v) is 9.60. The number of aryl methyl sites for hydroxylation is 3. The van der Waals surface area contributed by atoms with Crippen molar-refractivity contribution in [2.24, 2.45) is 7.05 Å². The molecule has 0 radical (unpaired) electrons. The lowest BCUT2D eigenvalue weighted by Crippen LogP contribution is -2.31. The smallest absolute Gasteiger partial charge is 0.344 e. The number of amides is 1. The summed E-state index contributed by atoms with van der Waals surface area (Å²) in [6.45, 7) is 4.75. The molecular formula is C23H23N3O5. The summed E-state index contributed by atoms with van der Waals surface area (Å²) in [7, 11) is 1.45. The number of aromatic nitrogens is 2. The van der Waals surface area contributed by atoms with E-state index < -0.39 is 24.0 Å². The largest absolute Gasteiger partial charge is 0.457 e. The molecule has 2 aromatic carbocycles. The zero-order valence-corrected chi connectivity index (χ0v) is 17.8. The molecule has 31 heavy (non-hydrogen) atoms. The number of esters is 1. The summed E-state index contributed by atoms with van der Waals surface area (Å²) in [6.07, 6.45) is 0. The molecule has 3 rings (SSSR count). The molecule has 0 atom stereocenters. The molecule has 160 valence electrons. The minimum absolute atomic E-state index is 0.125. The van der Waals surface area contributed by atoms with E-state index in [-0.39, 0.29) is 5.56 Å². The normalized spacial score (nSPS) is 10.5. The van der Waals surface area contributed by atoms with Gasteiger partial charge in [0.1, 0.15) is 17.1 Å². The monoisotopic (exact) mass is 421 g/mol. The van der Waals surface area contributed by atoms with Crippen LogP contribution >= 0.6 is 0 Å². The van der Waals surface area contributed by atoms with Gasteiger partial charge in [-0.05, 0) is 68.3 Å². The summed E-state index contributed by atoms with van der Waals surface area (Å²) in [5.41, 5.74) is 1.87. The molecule has 0 saturated carbocycles. The second-order valence-corrected chi connectivity index (χ2v) is 7.08. The van der Waals surface area contributed by atoms with Crippen molar-refractivity contribution in [1.82, 2.24) is 9.78 Å². The quantitative estimate of drug-likeness (QED) is 0.613. The van der Waals surface area contributed by atoms with E-state index in [1.54, 1.807) is 38.1 Å². The predicted molar refractivity (Wildman–Crippen MR) is 116 cm³/mol. The van der Waals surface area contributed by atoms with E-state index in [2.05, 4.69) is 10.4 Å². The Hall–Kier alpha value is -3.94. The minimum atomic E-state index is -0.861. The van der Waals surface area contributed by atoms with E-state index in [4.69, 9.17) is 9.47 Å². The van der Waals surface area contributed by atoms with Crippen LogP contribution < -0.4 is 15.6 Å². The highest BCUT2D eigenvalue weighted by molar-refractivity contribution is 5.96. The highest BCUT2D eigenvalue weighted by Crippen LogP contribution is 2.23. The van der Waals surface area contributed by atoms with Crippen LogP contribution in [0.25, 0.3) is 0 Å². The zero-order valence-electron chi connectivity index (χ0n) is 17.8. The lowest BCUT2D eigenvalue weighted by atomic mass is 10.1. The van der Waals surface area contributed by atoms with Gasteiger partial charge in [-0.3, -0.25) is 9.59 Å². The number of hydrogen-bond donors (Lipinski definition) is 1. The number of carbonyl (C=O) groups excluding carboxylic acids is 2. The Morgan fingerprint density at radius 1 is 1.03 bits per heavy atom. The van der Waals surface area contributed by atoms with Gasteiger partial charge in [-0.25, -0.2) is 9.48 Å². The SMILES string of the molecule is Cc1cccc(Oc2ccc(NC(=O)COC(=O)c3c(C)c(C)nn(C)c3=O)cc2)c1. The molecular weight excluding hydrogens is 398 g/mol. The van der Waals surface area contributed by atoms with Crippen molar-refractivity contribution in [3.8, 4) is 11.5 Å².